The zero-order chi connectivity index (χ0) is 16.7. The SMILES string of the molecule is COc1cccc(C2CC(O)CN2C(=O)c2ccoc2C2CC2)c1. The van der Waals surface area contributed by atoms with Gasteiger partial charge in [0.05, 0.1) is 31.1 Å². The van der Waals surface area contributed by atoms with Crippen LogP contribution < -0.4 is 4.74 Å². The number of carbonyl (C=O) groups excluding carboxylic acids is 1. The number of rotatable bonds is 4. The van der Waals surface area contributed by atoms with Crippen LogP contribution in [0.25, 0.3) is 0 Å². The Kier molecular flexibility index (Phi) is 3.81. The molecule has 2 atom stereocenters. The Morgan fingerprint density at radius 3 is 2.92 bits per heavy atom. The van der Waals surface area contributed by atoms with Crippen LogP contribution in [0.2, 0.25) is 0 Å². The van der Waals surface area contributed by atoms with Crippen molar-refractivity contribution >= 4 is 5.91 Å². The third-order valence-corrected chi connectivity index (χ3v) is 4.89. The number of methoxy groups -OCH3 is 1. The summed E-state index contributed by atoms with van der Waals surface area (Å²) in [5, 5.41) is 10.1. The maximum absolute atomic E-state index is 13.1. The van der Waals surface area contributed by atoms with Crippen molar-refractivity contribution in [3.05, 3.63) is 53.5 Å². The van der Waals surface area contributed by atoms with Crippen molar-refractivity contribution in [2.45, 2.75) is 37.3 Å². The van der Waals surface area contributed by atoms with Gasteiger partial charge >= 0.3 is 0 Å². The van der Waals surface area contributed by atoms with Gasteiger partial charge in [0.2, 0.25) is 0 Å². The number of amides is 1. The largest absolute Gasteiger partial charge is 0.497 e. The molecule has 1 aliphatic heterocycles. The number of aliphatic hydroxyl groups is 1. The molecule has 4 rings (SSSR count). The van der Waals surface area contributed by atoms with E-state index in [1.54, 1.807) is 24.3 Å². The lowest BCUT2D eigenvalue weighted by Crippen LogP contribution is -2.32. The molecule has 1 aromatic carbocycles. The normalized spacial score (nSPS) is 23.5. The van der Waals surface area contributed by atoms with Crippen molar-refractivity contribution in [2.24, 2.45) is 0 Å². The number of nitrogens with zero attached hydrogens (tertiary/aromatic N) is 1. The first-order valence-corrected chi connectivity index (χ1v) is 8.37. The molecule has 2 aromatic rings. The smallest absolute Gasteiger partial charge is 0.258 e. The third kappa shape index (κ3) is 2.69. The van der Waals surface area contributed by atoms with Crippen molar-refractivity contribution in [3.8, 4) is 5.75 Å². The van der Waals surface area contributed by atoms with Crippen LogP contribution in [0.4, 0.5) is 0 Å². The van der Waals surface area contributed by atoms with E-state index in [0.29, 0.717) is 24.4 Å². The second-order valence-electron chi connectivity index (χ2n) is 6.61. The Labute approximate surface area is 140 Å². The highest BCUT2D eigenvalue weighted by molar-refractivity contribution is 5.96. The monoisotopic (exact) mass is 327 g/mol. The molecule has 5 heteroatoms. The number of aliphatic hydroxyl groups excluding tert-OH is 1. The quantitative estimate of drug-likeness (QED) is 0.937. The molecule has 2 heterocycles. The molecular weight excluding hydrogens is 306 g/mol. The predicted molar refractivity (Wildman–Crippen MR) is 88.1 cm³/mol. The van der Waals surface area contributed by atoms with Crippen LogP contribution in [0.1, 0.15) is 52.9 Å². The number of carbonyl (C=O) groups is 1. The first-order chi connectivity index (χ1) is 11.7. The lowest BCUT2D eigenvalue weighted by atomic mass is 10.0. The minimum absolute atomic E-state index is 0.0602. The number of hydrogen-bond acceptors (Lipinski definition) is 4. The standard InChI is InChI=1S/C19H21NO4/c1-23-15-4-2-3-13(9-15)17-10-14(21)11-20(17)19(22)16-7-8-24-18(16)12-5-6-12/h2-4,7-9,12,14,17,21H,5-6,10-11H2,1H3. The van der Waals surface area contributed by atoms with Gasteiger partial charge in [0.25, 0.3) is 5.91 Å². The van der Waals surface area contributed by atoms with Crippen LogP contribution in [0.15, 0.2) is 41.0 Å². The zero-order valence-corrected chi connectivity index (χ0v) is 13.6. The fraction of sp³-hybridized carbons (Fsp3) is 0.421. The fourth-order valence-corrected chi connectivity index (χ4v) is 3.52. The summed E-state index contributed by atoms with van der Waals surface area (Å²) in [5.41, 5.74) is 1.62. The van der Waals surface area contributed by atoms with Gasteiger partial charge in [-0.15, -0.1) is 0 Å². The van der Waals surface area contributed by atoms with E-state index in [1.807, 2.05) is 24.3 Å². The van der Waals surface area contributed by atoms with Gasteiger partial charge in [0.1, 0.15) is 11.5 Å². The highest BCUT2D eigenvalue weighted by Crippen LogP contribution is 2.43. The molecule has 1 aromatic heterocycles. The van der Waals surface area contributed by atoms with Crippen LogP contribution in [-0.4, -0.2) is 35.7 Å². The minimum atomic E-state index is -0.513. The number of β-amino-alcohol motifs (C(OH)–C–C–N with tert-alkyl or cyclic N) is 1. The third-order valence-electron chi connectivity index (χ3n) is 4.89. The number of furan rings is 1. The minimum Gasteiger partial charge on any atom is -0.497 e. The molecule has 1 saturated heterocycles. The zero-order valence-electron chi connectivity index (χ0n) is 13.6. The van der Waals surface area contributed by atoms with Crippen molar-refractivity contribution in [1.82, 2.24) is 4.90 Å². The summed E-state index contributed by atoms with van der Waals surface area (Å²) in [4.78, 5) is 14.8. The summed E-state index contributed by atoms with van der Waals surface area (Å²) >= 11 is 0. The molecule has 126 valence electrons. The molecule has 0 bridgehead atoms. The van der Waals surface area contributed by atoms with Crippen LogP contribution in [0, 0.1) is 0 Å². The summed E-state index contributed by atoms with van der Waals surface area (Å²) < 4.78 is 10.8. The molecule has 2 aliphatic rings. The van der Waals surface area contributed by atoms with E-state index >= 15 is 0 Å². The molecule has 0 radical (unpaired) electrons. The average molecular weight is 327 g/mol. The summed E-state index contributed by atoms with van der Waals surface area (Å²) in [6.07, 6.45) is 3.77. The molecule has 1 aliphatic carbocycles. The first kappa shape index (κ1) is 15.3. The first-order valence-electron chi connectivity index (χ1n) is 8.37. The molecule has 24 heavy (non-hydrogen) atoms. The maximum atomic E-state index is 13.1. The second-order valence-corrected chi connectivity index (χ2v) is 6.61. The molecule has 2 unspecified atom stereocenters. The van der Waals surface area contributed by atoms with E-state index in [2.05, 4.69) is 0 Å². The number of hydrogen-bond donors (Lipinski definition) is 1. The molecule has 0 spiro atoms. The van der Waals surface area contributed by atoms with Gasteiger partial charge in [-0.25, -0.2) is 0 Å². The number of likely N-dealkylation sites (tertiary alicyclic amines) is 1. The maximum Gasteiger partial charge on any atom is 0.258 e. The van der Waals surface area contributed by atoms with Crippen LogP contribution in [-0.2, 0) is 0 Å². The van der Waals surface area contributed by atoms with Gasteiger partial charge in [-0.1, -0.05) is 12.1 Å². The molecule has 5 nitrogen and oxygen atoms in total. The van der Waals surface area contributed by atoms with Crippen molar-refractivity contribution in [2.75, 3.05) is 13.7 Å². The van der Waals surface area contributed by atoms with Crippen LogP contribution in [0.3, 0.4) is 0 Å². The Hall–Kier alpha value is -2.27. The van der Waals surface area contributed by atoms with Crippen LogP contribution in [0.5, 0.6) is 5.75 Å². The highest BCUT2D eigenvalue weighted by atomic mass is 16.5. The summed E-state index contributed by atoms with van der Waals surface area (Å²) in [7, 11) is 1.62. The van der Waals surface area contributed by atoms with Gasteiger partial charge < -0.3 is 19.2 Å². The average Bonchev–Trinajstić information content (AvgIpc) is 3.19. The van der Waals surface area contributed by atoms with Crippen molar-refractivity contribution < 1.29 is 19.1 Å². The number of ether oxygens (including phenoxy) is 1. The lowest BCUT2D eigenvalue weighted by molar-refractivity contribution is 0.0713. The molecule has 2 fully saturated rings. The Morgan fingerprint density at radius 2 is 2.17 bits per heavy atom. The predicted octanol–water partition coefficient (Wildman–Crippen LogP) is 3.11. The van der Waals surface area contributed by atoms with E-state index in [4.69, 9.17) is 9.15 Å². The highest BCUT2D eigenvalue weighted by Gasteiger charge is 2.39. The molecule has 1 amide bonds. The fourth-order valence-electron chi connectivity index (χ4n) is 3.52. The van der Waals surface area contributed by atoms with Gasteiger partial charge in [0.15, 0.2) is 0 Å². The Morgan fingerprint density at radius 1 is 1.33 bits per heavy atom. The summed E-state index contributed by atoms with van der Waals surface area (Å²) in [5.74, 6) is 1.87. The lowest BCUT2D eigenvalue weighted by Gasteiger charge is -2.25. The van der Waals surface area contributed by atoms with E-state index in [0.717, 1.165) is 29.9 Å². The van der Waals surface area contributed by atoms with E-state index in [1.165, 1.54) is 0 Å². The Bertz CT molecular complexity index is 749. The topological polar surface area (TPSA) is 62.9 Å². The summed E-state index contributed by atoms with van der Waals surface area (Å²) in [6.45, 7) is 0.343. The van der Waals surface area contributed by atoms with Gasteiger partial charge in [-0.2, -0.15) is 0 Å². The molecule has 1 N–H and O–H groups in total. The van der Waals surface area contributed by atoms with Gasteiger partial charge in [-0.3, -0.25) is 4.79 Å². The Balaban J connectivity index is 1.64. The summed E-state index contributed by atoms with van der Waals surface area (Å²) in [6, 6.07) is 9.30. The van der Waals surface area contributed by atoms with E-state index in [-0.39, 0.29) is 11.9 Å². The molecular formula is C19H21NO4. The van der Waals surface area contributed by atoms with E-state index in [9.17, 15) is 9.90 Å². The van der Waals surface area contributed by atoms with Crippen LogP contribution >= 0.6 is 0 Å². The molecule has 1 saturated carbocycles. The van der Waals surface area contributed by atoms with Crippen molar-refractivity contribution in [3.63, 3.8) is 0 Å². The second kappa shape index (κ2) is 5.98. The van der Waals surface area contributed by atoms with Gasteiger partial charge in [-0.05, 0) is 43.0 Å². The van der Waals surface area contributed by atoms with Crippen molar-refractivity contribution in [1.29, 1.82) is 0 Å². The van der Waals surface area contributed by atoms with E-state index < -0.39 is 6.10 Å². The number of benzene rings is 1. The van der Waals surface area contributed by atoms with Gasteiger partial charge in [0, 0.05) is 12.5 Å².